The minimum absolute atomic E-state index is 0.119. The Balaban J connectivity index is 0.966. The maximum Gasteiger partial charge on any atom is 0.253 e. The van der Waals surface area contributed by atoms with Gasteiger partial charge < -0.3 is 15.5 Å². The van der Waals surface area contributed by atoms with Gasteiger partial charge in [0, 0.05) is 43.6 Å². The largest absolute Gasteiger partial charge is 0.352 e. The van der Waals surface area contributed by atoms with Crippen LogP contribution in [-0.2, 0) is 0 Å². The fourth-order valence-corrected chi connectivity index (χ4v) is 6.12. The van der Waals surface area contributed by atoms with Crippen molar-refractivity contribution in [2.75, 3.05) is 33.2 Å². The fraction of sp³-hybridized carbons (Fsp3) is 0.200. The van der Waals surface area contributed by atoms with E-state index in [9.17, 15) is 9.59 Å². The van der Waals surface area contributed by atoms with E-state index in [-0.39, 0.29) is 11.8 Å². The predicted octanol–water partition coefficient (Wildman–Crippen LogP) is 7.49. The van der Waals surface area contributed by atoms with Gasteiger partial charge in [-0.2, -0.15) is 0 Å². The molecule has 0 unspecified atom stereocenters. The first-order chi connectivity index (χ1) is 21.4. The molecular formula is C35H31Br2N5O2. The van der Waals surface area contributed by atoms with E-state index in [1.165, 1.54) is 0 Å². The van der Waals surface area contributed by atoms with Gasteiger partial charge in [0.25, 0.3) is 11.8 Å². The second-order valence-electron chi connectivity index (χ2n) is 10.9. The lowest BCUT2D eigenvalue weighted by Crippen LogP contribution is -2.31. The van der Waals surface area contributed by atoms with Gasteiger partial charge in [0.15, 0.2) is 0 Å². The Labute approximate surface area is 272 Å². The molecule has 9 heteroatoms. The molecule has 0 aliphatic carbocycles. The summed E-state index contributed by atoms with van der Waals surface area (Å²) >= 11 is 7.01. The highest BCUT2D eigenvalue weighted by atomic mass is 79.9. The van der Waals surface area contributed by atoms with Crippen molar-refractivity contribution in [2.45, 2.75) is 12.8 Å². The zero-order valence-electron chi connectivity index (χ0n) is 24.2. The smallest absolute Gasteiger partial charge is 0.253 e. The summed E-state index contributed by atoms with van der Waals surface area (Å²) in [6.07, 6.45) is 1.63. The van der Waals surface area contributed by atoms with Crippen LogP contribution in [0.4, 0.5) is 0 Å². The summed E-state index contributed by atoms with van der Waals surface area (Å²) in [5, 5.41) is 10.1. The molecule has 0 aliphatic heterocycles. The molecule has 0 aliphatic rings. The molecule has 0 fully saturated rings. The fourth-order valence-electron chi connectivity index (χ4n) is 5.42. The summed E-state index contributed by atoms with van der Waals surface area (Å²) in [4.78, 5) is 37.9. The van der Waals surface area contributed by atoms with Crippen molar-refractivity contribution in [3.8, 4) is 0 Å². The third kappa shape index (κ3) is 6.75. The van der Waals surface area contributed by atoms with Gasteiger partial charge in [-0.1, -0.05) is 68.3 Å². The Morgan fingerprint density at radius 2 is 1.09 bits per heavy atom. The SMILES string of the molecule is CN(CCCNC(=O)c1cccc2cc3ccc(Br)cc3nc12)CCCNC(=O)c1cccc2cc3ccc(Br)cc3nc12. The van der Waals surface area contributed by atoms with Gasteiger partial charge in [0.1, 0.15) is 0 Å². The number of pyridine rings is 2. The summed E-state index contributed by atoms with van der Waals surface area (Å²) in [5.41, 5.74) is 4.26. The lowest BCUT2D eigenvalue weighted by Gasteiger charge is -2.17. The molecule has 2 aromatic heterocycles. The van der Waals surface area contributed by atoms with Crippen molar-refractivity contribution in [3.05, 3.63) is 105 Å². The number of benzene rings is 4. The van der Waals surface area contributed by atoms with Crippen LogP contribution in [0.2, 0.25) is 0 Å². The van der Waals surface area contributed by atoms with Gasteiger partial charge in [-0.15, -0.1) is 0 Å². The third-order valence-electron chi connectivity index (χ3n) is 7.70. The van der Waals surface area contributed by atoms with Crippen LogP contribution in [0.1, 0.15) is 33.6 Å². The van der Waals surface area contributed by atoms with Crippen LogP contribution in [-0.4, -0.2) is 59.9 Å². The number of hydrogen-bond donors (Lipinski definition) is 2. The number of rotatable bonds is 10. The van der Waals surface area contributed by atoms with Gasteiger partial charge in [0.05, 0.1) is 33.2 Å². The standard InChI is InChI=1S/C35H31Br2N5O2/c1-42(16-4-14-38-34(43)28-8-2-6-24-18-22-10-12-26(36)20-30(22)40-32(24)28)17-5-15-39-35(44)29-9-3-7-25-19-23-11-13-27(37)21-31(23)41-33(25)29/h2-3,6-13,18-21H,4-5,14-17H2,1H3,(H,38,43)(H,39,44). The van der Waals surface area contributed by atoms with Crippen molar-refractivity contribution < 1.29 is 9.59 Å². The van der Waals surface area contributed by atoms with Gasteiger partial charge >= 0.3 is 0 Å². The minimum Gasteiger partial charge on any atom is -0.352 e. The molecule has 6 rings (SSSR count). The normalized spacial score (nSPS) is 11.5. The number of fused-ring (bicyclic) bond motifs is 4. The zero-order chi connectivity index (χ0) is 30.6. The Morgan fingerprint density at radius 1 is 0.636 bits per heavy atom. The molecule has 0 radical (unpaired) electrons. The maximum absolute atomic E-state index is 13.0. The number of nitrogens with one attached hydrogen (secondary N) is 2. The summed E-state index contributed by atoms with van der Waals surface area (Å²) in [7, 11) is 2.05. The molecule has 0 bridgehead atoms. The van der Waals surface area contributed by atoms with Crippen molar-refractivity contribution in [3.63, 3.8) is 0 Å². The molecule has 2 N–H and O–H groups in total. The molecule has 44 heavy (non-hydrogen) atoms. The Kier molecular flexibility index (Phi) is 9.16. The molecule has 6 aromatic rings. The number of nitrogens with zero attached hydrogens (tertiary/aromatic N) is 3. The number of carbonyl (C=O) groups is 2. The number of para-hydroxylation sites is 2. The summed E-state index contributed by atoms with van der Waals surface area (Å²) in [6.45, 7) is 2.79. The second-order valence-corrected chi connectivity index (χ2v) is 12.8. The van der Waals surface area contributed by atoms with Crippen molar-refractivity contribution in [1.82, 2.24) is 25.5 Å². The molecule has 0 spiro atoms. The topological polar surface area (TPSA) is 87.2 Å². The molecule has 2 amide bonds. The average Bonchev–Trinajstić information content (AvgIpc) is 3.02. The highest BCUT2D eigenvalue weighted by Crippen LogP contribution is 2.26. The van der Waals surface area contributed by atoms with Crippen molar-refractivity contribution in [2.24, 2.45) is 0 Å². The Hall–Kier alpha value is -3.92. The number of carbonyl (C=O) groups excluding carboxylic acids is 2. The van der Waals surface area contributed by atoms with E-state index in [1.54, 1.807) is 0 Å². The first-order valence-corrected chi connectivity index (χ1v) is 16.2. The lowest BCUT2D eigenvalue weighted by atomic mass is 10.1. The zero-order valence-corrected chi connectivity index (χ0v) is 27.4. The van der Waals surface area contributed by atoms with Crippen LogP contribution >= 0.6 is 31.9 Å². The molecule has 7 nitrogen and oxygen atoms in total. The minimum atomic E-state index is -0.119. The van der Waals surface area contributed by atoms with Crippen molar-refractivity contribution >= 4 is 87.3 Å². The monoisotopic (exact) mass is 711 g/mol. The van der Waals surface area contributed by atoms with Gasteiger partial charge in [-0.25, -0.2) is 9.97 Å². The molecular weight excluding hydrogens is 682 g/mol. The van der Waals surface area contributed by atoms with Crippen LogP contribution < -0.4 is 10.6 Å². The second kappa shape index (κ2) is 13.4. The Bertz CT molecular complexity index is 1890. The first-order valence-electron chi connectivity index (χ1n) is 14.6. The van der Waals surface area contributed by atoms with E-state index in [1.807, 2.05) is 72.8 Å². The van der Waals surface area contributed by atoms with E-state index in [2.05, 4.69) is 66.6 Å². The predicted molar refractivity (Wildman–Crippen MR) is 185 cm³/mol. The molecule has 0 atom stereocenters. The highest BCUT2D eigenvalue weighted by molar-refractivity contribution is 9.10. The van der Waals surface area contributed by atoms with Crippen molar-refractivity contribution in [1.29, 1.82) is 0 Å². The number of aromatic nitrogens is 2. The molecule has 0 saturated carbocycles. The van der Waals surface area contributed by atoms with E-state index < -0.39 is 0 Å². The molecule has 222 valence electrons. The average molecular weight is 713 g/mol. The van der Waals surface area contributed by atoms with Gasteiger partial charge in [-0.3, -0.25) is 9.59 Å². The number of amides is 2. The summed E-state index contributed by atoms with van der Waals surface area (Å²) in [6, 6.07) is 27.5. The van der Waals surface area contributed by atoms with Crippen LogP contribution in [0.3, 0.4) is 0 Å². The van der Waals surface area contributed by atoms with E-state index in [0.29, 0.717) is 35.2 Å². The maximum atomic E-state index is 13.0. The van der Waals surface area contributed by atoms with Gasteiger partial charge in [0.2, 0.25) is 0 Å². The molecule has 0 saturated heterocycles. The van der Waals surface area contributed by atoms with Crippen LogP contribution in [0.15, 0.2) is 93.9 Å². The van der Waals surface area contributed by atoms with Crippen LogP contribution in [0.25, 0.3) is 43.6 Å². The van der Waals surface area contributed by atoms with Crippen LogP contribution in [0, 0.1) is 0 Å². The van der Waals surface area contributed by atoms with E-state index >= 15 is 0 Å². The lowest BCUT2D eigenvalue weighted by molar-refractivity contribution is 0.0947. The molecule has 4 aromatic carbocycles. The van der Waals surface area contributed by atoms with E-state index in [4.69, 9.17) is 9.97 Å². The van der Waals surface area contributed by atoms with Gasteiger partial charge in [-0.05, 0) is 81.5 Å². The number of halogens is 2. The molecule has 2 heterocycles. The van der Waals surface area contributed by atoms with E-state index in [0.717, 1.165) is 67.5 Å². The number of hydrogen-bond acceptors (Lipinski definition) is 5. The Morgan fingerprint density at radius 3 is 1.55 bits per heavy atom. The highest BCUT2D eigenvalue weighted by Gasteiger charge is 2.14. The summed E-state index contributed by atoms with van der Waals surface area (Å²) < 4.78 is 1.91. The van der Waals surface area contributed by atoms with Crippen LogP contribution in [0.5, 0.6) is 0 Å². The summed E-state index contributed by atoms with van der Waals surface area (Å²) in [5.74, 6) is -0.238. The first kappa shape index (κ1) is 30.1. The third-order valence-corrected chi connectivity index (χ3v) is 8.69. The quantitative estimate of drug-likeness (QED) is 0.114.